The van der Waals surface area contributed by atoms with Gasteiger partial charge in [0.25, 0.3) is 0 Å². The van der Waals surface area contributed by atoms with Crippen LogP contribution in [0.15, 0.2) is 28.8 Å². The Labute approximate surface area is 109 Å². The van der Waals surface area contributed by atoms with Crippen molar-refractivity contribution in [3.8, 4) is 11.4 Å². The van der Waals surface area contributed by atoms with E-state index in [2.05, 4.69) is 10.1 Å². The van der Waals surface area contributed by atoms with Crippen LogP contribution < -0.4 is 5.73 Å². The van der Waals surface area contributed by atoms with Gasteiger partial charge in [-0.05, 0) is 37.1 Å². The van der Waals surface area contributed by atoms with Crippen molar-refractivity contribution in [2.75, 3.05) is 13.2 Å². The predicted octanol–water partition coefficient (Wildman–Crippen LogP) is 1.84. The van der Waals surface area contributed by atoms with Crippen molar-refractivity contribution in [1.82, 2.24) is 10.1 Å². The highest BCUT2D eigenvalue weighted by atomic mass is 19.1. The molecular formula is C13H14FN3O2. The predicted molar refractivity (Wildman–Crippen MR) is 65.6 cm³/mol. The molecule has 0 saturated carbocycles. The molecule has 19 heavy (non-hydrogen) atoms. The third-order valence-corrected chi connectivity index (χ3v) is 3.34. The quantitative estimate of drug-likeness (QED) is 0.894. The molecule has 0 unspecified atom stereocenters. The van der Waals surface area contributed by atoms with Crippen LogP contribution in [0.1, 0.15) is 18.7 Å². The van der Waals surface area contributed by atoms with Gasteiger partial charge in [-0.3, -0.25) is 0 Å². The lowest BCUT2D eigenvalue weighted by molar-refractivity contribution is 0.0400. The van der Waals surface area contributed by atoms with E-state index in [1.54, 1.807) is 12.1 Å². The standard InChI is InChI=1S/C13H14FN3O2/c14-10-3-1-9(2-4-10)11-16-12(19-17-11)13(15)5-7-18-8-6-13/h1-4H,5-8,15H2. The minimum absolute atomic E-state index is 0.299. The van der Waals surface area contributed by atoms with Gasteiger partial charge in [-0.25, -0.2) is 4.39 Å². The van der Waals surface area contributed by atoms with E-state index < -0.39 is 5.54 Å². The molecule has 1 fully saturated rings. The minimum Gasteiger partial charge on any atom is -0.381 e. The fourth-order valence-electron chi connectivity index (χ4n) is 2.09. The molecule has 2 heterocycles. The Morgan fingerprint density at radius 2 is 1.84 bits per heavy atom. The van der Waals surface area contributed by atoms with Gasteiger partial charge >= 0.3 is 0 Å². The topological polar surface area (TPSA) is 74.2 Å². The van der Waals surface area contributed by atoms with Crippen molar-refractivity contribution in [3.63, 3.8) is 0 Å². The van der Waals surface area contributed by atoms with E-state index in [0.29, 0.717) is 43.3 Å². The normalized spacial score (nSPS) is 18.4. The summed E-state index contributed by atoms with van der Waals surface area (Å²) in [6.45, 7) is 1.18. The van der Waals surface area contributed by atoms with Crippen molar-refractivity contribution in [2.24, 2.45) is 5.73 Å². The van der Waals surface area contributed by atoms with Gasteiger partial charge in [0.1, 0.15) is 11.4 Å². The molecule has 0 amide bonds. The summed E-state index contributed by atoms with van der Waals surface area (Å²) >= 11 is 0. The van der Waals surface area contributed by atoms with Crippen LogP contribution in [0.3, 0.4) is 0 Å². The van der Waals surface area contributed by atoms with Crippen molar-refractivity contribution in [2.45, 2.75) is 18.4 Å². The zero-order chi connectivity index (χ0) is 13.3. The number of rotatable bonds is 2. The SMILES string of the molecule is NC1(c2nc(-c3ccc(F)cc3)no2)CCOCC1. The Hall–Kier alpha value is -1.79. The molecule has 0 bridgehead atoms. The van der Waals surface area contributed by atoms with Gasteiger partial charge in [0, 0.05) is 18.8 Å². The zero-order valence-electron chi connectivity index (χ0n) is 10.3. The van der Waals surface area contributed by atoms with Gasteiger partial charge < -0.3 is 15.0 Å². The molecular weight excluding hydrogens is 249 g/mol. The highest BCUT2D eigenvalue weighted by molar-refractivity contribution is 5.53. The van der Waals surface area contributed by atoms with Crippen LogP contribution in [-0.4, -0.2) is 23.4 Å². The summed E-state index contributed by atoms with van der Waals surface area (Å²) in [5.41, 5.74) is 6.34. The number of hydrogen-bond donors (Lipinski definition) is 1. The molecule has 2 N–H and O–H groups in total. The second kappa shape index (κ2) is 4.71. The maximum atomic E-state index is 12.9. The Kier molecular flexibility index (Phi) is 3.04. The second-order valence-corrected chi connectivity index (χ2v) is 4.70. The largest absolute Gasteiger partial charge is 0.381 e. The Bertz CT molecular complexity index is 562. The molecule has 5 nitrogen and oxygen atoms in total. The Morgan fingerprint density at radius 3 is 2.53 bits per heavy atom. The molecule has 1 aliphatic rings. The maximum Gasteiger partial charge on any atom is 0.247 e. The maximum absolute atomic E-state index is 12.9. The molecule has 1 saturated heterocycles. The van der Waals surface area contributed by atoms with Crippen LogP contribution in [-0.2, 0) is 10.3 Å². The van der Waals surface area contributed by atoms with Gasteiger partial charge in [0.2, 0.25) is 11.7 Å². The fourth-order valence-corrected chi connectivity index (χ4v) is 2.09. The first-order valence-electron chi connectivity index (χ1n) is 6.14. The smallest absolute Gasteiger partial charge is 0.247 e. The lowest BCUT2D eigenvalue weighted by Crippen LogP contribution is -2.42. The first-order valence-corrected chi connectivity index (χ1v) is 6.14. The Balaban J connectivity index is 1.88. The van der Waals surface area contributed by atoms with Crippen LogP contribution in [0.4, 0.5) is 4.39 Å². The van der Waals surface area contributed by atoms with E-state index in [9.17, 15) is 4.39 Å². The van der Waals surface area contributed by atoms with Crippen LogP contribution >= 0.6 is 0 Å². The summed E-state index contributed by atoms with van der Waals surface area (Å²) in [6, 6.07) is 5.93. The molecule has 0 radical (unpaired) electrons. The average Bonchev–Trinajstić information content (AvgIpc) is 2.91. The molecule has 3 rings (SSSR count). The van der Waals surface area contributed by atoms with Crippen molar-refractivity contribution < 1.29 is 13.7 Å². The van der Waals surface area contributed by atoms with Crippen molar-refractivity contribution in [3.05, 3.63) is 36.0 Å². The van der Waals surface area contributed by atoms with Crippen LogP contribution in [0.25, 0.3) is 11.4 Å². The highest BCUT2D eigenvalue weighted by Crippen LogP contribution is 2.29. The van der Waals surface area contributed by atoms with Crippen LogP contribution in [0, 0.1) is 5.82 Å². The lowest BCUT2D eigenvalue weighted by Gasteiger charge is -2.29. The lowest BCUT2D eigenvalue weighted by atomic mass is 9.91. The molecule has 0 spiro atoms. The number of aromatic nitrogens is 2. The summed E-state index contributed by atoms with van der Waals surface area (Å²) in [7, 11) is 0. The third-order valence-electron chi connectivity index (χ3n) is 3.34. The van der Waals surface area contributed by atoms with Gasteiger partial charge in [0.05, 0.1) is 0 Å². The van der Waals surface area contributed by atoms with E-state index in [0.717, 1.165) is 0 Å². The fraction of sp³-hybridized carbons (Fsp3) is 0.385. The van der Waals surface area contributed by atoms with Gasteiger partial charge in [-0.15, -0.1) is 0 Å². The van der Waals surface area contributed by atoms with Gasteiger partial charge in [-0.1, -0.05) is 5.16 Å². The second-order valence-electron chi connectivity index (χ2n) is 4.70. The van der Waals surface area contributed by atoms with Gasteiger partial charge in [-0.2, -0.15) is 4.98 Å². The van der Waals surface area contributed by atoms with Crippen LogP contribution in [0.2, 0.25) is 0 Å². The van der Waals surface area contributed by atoms with E-state index in [1.165, 1.54) is 12.1 Å². The number of nitrogens with two attached hydrogens (primary N) is 1. The number of benzene rings is 1. The van der Waals surface area contributed by atoms with E-state index >= 15 is 0 Å². The third kappa shape index (κ3) is 2.36. The molecule has 0 atom stereocenters. The number of nitrogens with zero attached hydrogens (tertiary/aromatic N) is 2. The van der Waals surface area contributed by atoms with E-state index in [-0.39, 0.29) is 5.82 Å². The van der Waals surface area contributed by atoms with Gasteiger partial charge in [0.15, 0.2) is 0 Å². The molecule has 100 valence electrons. The molecule has 1 aliphatic heterocycles. The summed E-state index contributed by atoms with van der Waals surface area (Å²) in [5.74, 6) is 0.536. The Morgan fingerprint density at radius 1 is 1.16 bits per heavy atom. The monoisotopic (exact) mass is 263 g/mol. The summed E-state index contributed by atoms with van der Waals surface area (Å²) < 4.78 is 23.4. The molecule has 0 aliphatic carbocycles. The first-order chi connectivity index (χ1) is 9.17. The molecule has 2 aromatic rings. The number of ether oxygens (including phenoxy) is 1. The van der Waals surface area contributed by atoms with Crippen molar-refractivity contribution in [1.29, 1.82) is 0 Å². The molecule has 6 heteroatoms. The molecule has 1 aromatic heterocycles. The first kappa shape index (κ1) is 12.3. The van der Waals surface area contributed by atoms with Crippen molar-refractivity contribution >= 4 is 0 Å². The summed E-state index contributed by atoms with van der Waals surface area (Å²) in [5, 5.41) is 3.91. The number of hydrogen-bond acceptors (Lipinski definition) is 5. The minimum atomic E-state index is -0.621. The summed E-state index contributed by atoms with van der Waals surface area (Å²) in [4.78, 5) is 4.32. The van der Waals surface area contributed by atoms with Crippen LogP contribution in [0.5, 0.6) is 0 Å². The van der Waals surface area contributed by atoms with E-state index in [1.807, 2.05) is 0 Å². The highest BCUT2D eigenvalue weighted by Gasteiger charge is 2.35. The number of halogens is 1. The van der Waals surface area contributed by atoms with E-state index in [4.69, 9.17) is 15.0 Å². The summed E-state index contributed by atoms with van der Waals surface area (Å²) in [6.07, 6.45) is 1.30. The zero-order valence-corrected chi connectivity index (χ0v) is 10.3. The average molecular weight is 263 g/mol. The molecule has 1 aromatic carbocycles.